The fourth-order valence-electron chi connectivity index (χ4n) is 3.16. The molecule has 0 radical (unpaired) electrons. The monoisotopic (exact) mass is 562 g/mol. The largest absolute Gasteiger partial charge is 0.497 e. The van der Waals surface area contributed by atoms with Crippen molar-refractivity contribution < 1.29 is 28.5 Å². The van der Waals surface area contributed by atoms with Crippen molar-refractivity contribution >= 4 is 56.5 Å². The number of amidine groups is 1. The number of carbonyl (C=O) groups excluding carboxylic acids is 2. The van der Waals surface area contributed by atoms with E-state index in [0.717, 1.165) is 17.0 Å². The Kier molecular flexibility index (Phi) is 9.62. The first-order chi connectivity index (χ1) is 16.9. The molecule has 0 aliphatic carbocycles. The van der Waals surface area contributed by atoms with Gasteiger partial charge < -0.3 is 18.9 Å². The smallest absolute Gasteiger partial charge is 0.344 e. The van der Waals surface area contributed by atoms with Crippen LogP contribution in [0, 0.1) is 0 Å². The van der Waals surface area contributed by atoms with Crippen LogP contribution in [0.4, 0.5) is 5.69 Å². The predicted molar refractivity (Wildman–Crippen MR) is 140 cm³/mol. The Balaban J connectivity index is 1.89. The Labute approximate surface area is 217 Å². The molecule has 1 saturated heterocycles. The molecular formula is C25H27BrN2O6S. The lowest BCUT2D eigenvalue weighted by Crippen LogP contribution is -2.28. The van der Waals surface area contributed by atoms with Crippen LogP contribution in [0.5, 0.6) is 17.2 Å². The summed E-state index contributed by atoms with van der Waals surface area (Å²) in [5.74, 6) is 1.01. The number of hydrogen-bond donors (Lipinski definition) is 0. The maximum absolute atomic E-state index is 13.1. The molecule has 0 unspecified atom stereocenters. The number of thioether (sulfide) groups is 1. The second kappa shape index (κ2) is 12.6. The summed E-state index contributed by atoms with van der Waals surface area (Å²) in [4.78, 5) is 31.6. The van der Waals surface area contributed by atoms with Gasteiger partial charge in [-0.3, -0.25) is 9.69 Å². The summed E-state index contributed by atoms with van der Waals surface area (Å²) in [6.07, 6.45) is 1.79. The third kappa shape index (κ3) is 6.79. The molecule has 1 heterocycles. The Bertz CT molecular complexity index is 1130. The minimum absolute atomic E-state index is 0.128. The molecule has 35 heavy (non-hydrogen) atoms. The van der Waals surface area contributed by atoms with Gasteiger partial charge >= 0.3 is 5.97 Å². The molecule has 2 aromatic rings. The predicted octanol–water partition coefficient (Wildman–Crippen LogP) is 5.42. The molecule has 0 saturated carbocycles. The Hall–Kier alpha value is -2.98. The maximum Gasteiger partial charge on any atom is 0.344 e. The van der Waals surface area contributed by atoms with E-state index in [1.54, 1.807) is 37.1 Å². The van der Waals surface area contributed by atoms with E-state index in [2.05, 4.69) is 20.9 Å². The highest BCUT2D eigenvalue weighted by Gasteiger charge is 2.32. The van der Waals surface area contributed by atoms with Crippen LogP contribution in [0.25, 0.3) is 6.08 Å². The number of nitrogens with zero attached hydrogens (tertiary/aromatic N) is 2. The Morgan fingerprint density at radius 1 is 1.09 bits per heavy atom. The molecule has 1 fully saturated rings. The lowest BCUT2D eigenvalue weighted by atomic mass is 10.2. The topological polar surface area (TPSA) is 86.7 Å². The van der Waals surface area contributed by atoms with E-state index in [1.807, 2.05) is 38.1 Å². The highest BCUT2D eigenvalue weighted by atomic mass is 79.9. The third-order valence-corrected chi connectivity index (χ3v) is 6.50. The van der Waals surface area contributed by atoms with E-state index in [9.17, 15) is 9.59 Å². The lowest BCUT2D eigenvalue weighted by molar-refractivity contribution is -0.145. The van der Waals surface area contributed by atoms with Crippen molar-refractivity contribution in [2.45, 2.75) is 20.8 Å². The number of amides is 1. The molecule has 2 aromatic carbocycles. The second-order valence-electron chi connectivity index (χ2n) is 7.10. The van der Waals surface area contributed by atoms with Gasteiger partial charge in [-0.2, -0.15) is 0 Å². The molecule has 0 N–H and O–H groups in total. The molecule has 0 bridgehead atoms. The lowest BCUT2D eigenvalue weighted by Gasteiger charge is -2.14. The number of halogens is 1. The van der Waals surface area contributed by atoms with Crippen LogP contribution in [-0.2, 0) is 14.3 Å². The second-order valence-corrected chi connectivity index (χ2v) is 8.96. The third-order valence-electron chi connectivity index (χ3n) is 4.80. The fraction of sp³-hybridized carbons (Fsp3) is 0.320. The minimum atomic E-state index is -0.464. The van der Waals surface area contributed by atoms with E-state index in [-0.39, 0.29) is 19.1 Å². The minimum Gasteiger partial charge on any atom is -0.497 e. The summed E-state index contributed by atoms with van der Waals surface area (Å²) in [7, 11) is 1.61. The summed E-state index contributed by atoms with van der Waals surface area (Å²) in [6, 6.07) is 10.8. The van der Waals surface area contributed by atoms with Gasteiger partial charge in [0.15, 0.2) is 23.3 Å². The van der Waals surface area contributed by atoms with Crippen LogP contribution in [0.1, 0.15) is 26.3 Å². The first-order valence-corrected chi connectivity index (χ1v) is 12.7. The van der Waals surface area contributed by atoms with Crippen molar-refractivity contribution in [3.63, 3.8) is 0 Å². The number of likely N-dealkylation sites (N-methyl/N-ethyl adjacent to an activating group) is 1. The highest BCUT2D eigenvalue weighted by molar-refractivity contribution is 9.10. The van der Waals surface area contributed by atoms with Gasteiger partial charge in [-0.15, -0.1) is 0 Å². The first-order valence-electron chi connectivity index (χ1n) is 11.1. The normalized spacial score (nSPS) is 15.6. The van der Waals surface area contributed by atoms with Crippen LogP contribution in [0.2, 0.25) is 0 Å². The van der Waals surface area contributed by atoms with Crippen LogP contribution in [0.3, 0.4) is 0 Å². The van der Waals surface area contributed by atoms with Gasteiger partial charge in [-0.1, -0.05) is 15.9 Å². The SMILES string of the molecule is CCOC(=O)COc1cc(Br)c(/C=C2/SC(=Nc3ccc(OC)cc3)N(CC)C2=O)cc1OCC. The van der Waals surface area contributed by atoms with Crippen LogP contribution < -0.4 is 14.2 Å². The van der Waals surface area contributed by atoms with Gasteiger partial charge in [0, 0.05) is 11.0 Å². The van der Waals surface area contributed by atoms with E-state index in [4.69, 9.17) is 18.9 Å². The van der Waals surface area contributed by atoms with Crippen LogP contribution >= 0.6 is 27.7 Å². The first kappa shape index (κ1) is 26.6. The molecule has 0 atom stereocenters. The molecule has 3 rings (SSSR count). The van der Waals surface area contributed by atoms with Gasteiger partial charge in [-0.25, -0.2) is 9.79 Å². The number of benzene rings is 2. The summed E-state index contributed by atoms with van der Waals surface area (Å²) < 4.78 is 22.1. The van der Waals surface area contributed by atoms with E-state index >= 15 is 0 Å². The number of hydrogen-bond acceptors (Lipinski definition) is 8. The van der Waals surface area contributed by atoms with Gasteiger partial charge in [0.25, 0.3) is 5.91 Å². The molecule has 8 nitrogen and oxygen atoms in total. The van der Waals surface area contributed by atoms with Crippen molar-refractivity contribution in [1.29, 1.82) is 0 Å². The van der Waals surface area contributed by atoms with Gasteiger partial charge in [0.2, 0.25) is 0 Å². The highest BCUT2D eigenvalue weighted by Crippen LogP contribution is 2.39. The number of methoxy groups -OCH3 is 1. The van der Waals surface area contributed by atoms with Gasteiger partial charge in [0.05, 0.1) is 30.9 Å². The average Bonchev–Trinajstić information content (AvgIpc) is 3.14. The van der Waals surface area contributed by atoms with Crippen molar-refractivity contribution in [2.24, 2.45) is 4.99 Å². The summed E-state index contributed by atoms with van der Waals surface area (Å²) in [5.41, 5.74) is 1.46. The Morgan fingerprint density at radius 2 is 1.80 bits per heavy atom. The van der Waals surface area contributed by atoms with Crippen molar-refractivity contribution in [1.82, 2.24) is 4.90 Å². The zero-order valence-corrected chi connectivity index (χ0v) is 22.4. The summed E-state index contributed by atoms with van der Waals surface area (Å²) in [5, 5.41) is 0.601. The Morgan fingerprint density at radius 3 is 2.43 bits per heavy atom. The molecule has 1 aliphatic heterocycles. The summed E-state index contributed by atoms with van der Waals surface area (Å²) >= 11 is 4.84. The number of carbonyl (C=O) groups is 2. The fourth-order valence-corrected chi connectivity index (χ4v) is 4.65. The van der Waals surface area contributed by atoms with Crippen LogP contribution in [0.15, 0.2) is 50.8 Å². The van der Waals surface area contributed by atoms with Gasteiger partial charge in [-0.05, 0) is 80.6 Å². The number of aliphatic imine (C=N–C) groups is 1. The van der Waals surface area contributed by atoms with Crippen molar-refractivity contribution in [2.75, 3.05) is 33.5 Å². The van der Waals surface area contributed by atoms with Crippen LogP contribution in [-0.4, -0.2) is 55.4 Å². The van der Waals surface area contributed by atoms with E-state index in [0.29, 0.717) is 39.2 Å². The molecule has 10 heteroatoms. The number of rotatable bonds is 10. The quantitative estimate of drug-likeness (QED) is 0.282. The molecular weight excluding hydrogens is 536 g/mol. The van der Waals surface area contributed by atoms with Crippen molar-refractivity contribution in [3.05, 3.63) is 51.3 Å². The number of esters is 1. The van der Waals surface area contributed by atoms with Gasteiger partial charge in [0.1, 0.15) is 5.75 Å². The van der Waals surface area contributed by atoms with E-state index in [1.165, 1.54) is 11.8 Å². The zero-order valence-electron chi connectivity index (χ0n) is 20.0. The molecule has 1 aliphatic rings. The van der Waals surface area contributed by atoms with Crippen molar-refractivity contribution in [3.8, 4) is 17.2 Å². The number of ether oxygens (including phenoxy) is 4. The molecule has 1 amide bonds. The molecule has 0 spiro atoms. The molecule has 0 aromatic heterocycles. The summed E-state index contributed by atoms with van der Waals surface area (Å²) in [6.45, 7) is 6.44. The van der Waals surface area contributed by atoms with E-state index < -0.39 is 5.97 Å². The average molecular weight is 563 g/mol. The zero-order chi connectivity index (χ0) is 25.4. The molecule has 186 valence electrons. The standard InChI is InChI=1S/C25H27BrN2O6S/c1-5-28-24(30)22(35-25(28)27-17-8-10-18(31-4)11-9-17)13-16-12-20(32-6-2)21(14-19(16)26)34-15-23(29)33-7-3/h8-14H,5-7,15H2,1-4H3/b22-13+,27-25?. The maximum atomic E-state index is 13.1.